The van der Waals surface area contributed by atoms with Gasteiger partial charge in [-0.3, -0.25) is 9.59 Å². The molecule has 0 aromatic heterocycles. The minimum atomic E-state index is -0.428. The summed E-state index contributed by atoms with van der Waals surface area (Å²) in [4.78, 5) is 39.3. The fraction of sp³-hybridized carbons (Fsp3) is 0.589. The molecule has 0 bridgehead atoms. The number of likely N-dealkylation sites (N-methyl/N-ethyl adjacent to an activating group) is 1. The first-order valence-corrected chi connectivity index (χ1v) is 25.0. The van der Waals surface area contributed by atoms with Crippen molar-refractivity contribution in [2.45, 2.75) is 161 Å². The highest BCUT2D eigenvalue weighted by atomic mass is 16.6. The number of allylic oxidation sites excluding steroid dienone is 20. The fourth-order valence-electron chi connectivity index (χ4n) is 6.07. The Bertz CT molecular complexity index is 1340. The van der Waals surface area contributed by atoms with Gasteiger partial charge in [-0.1, -0.05) is 135 Å². The lowest BCUT2D eigenvalue weighted by Gasteiger charge is -2.18. The Morgan fingerprint density at radius 2 is 0.831 bits per heavy atom. The van der Waals surface area contributed by atoms with E-state index < -0.39 is 6.09 Å². The first kappa shape index (κ1) is 60.5. The van der Waals surface area contributed by atoms with E-state index in [9.17, 15) is 14.4 Å². The normalized spacial score (nSPS) is 12.7. The second-order valence-corrected chi connectivity index (χ2v) is 16.1. The zero-order valence-corrected chi connectivity index (χ0v) is 41.3. The summed E-state index contributed by atoms with van der Waals surface area (Å²) in [6, 6.07) is 0. The van der Waals surface area contributed by atoms with Crippen molar-refractivity contribution in [2.75, 3.05) is 53.5 Å². The van der Waals surface area contributed by atoms with E-state index >= 15 is 0 Å². The number of hydrogen-bond acceptors (Lipinski definition) is 8. The largest absolute Gasteiger partial charge is 0.466 e. The lowest BCUT2D eigenvalue weighted by atomic mass is 10.1. The molecule has 0 atom stereocenters. The number of nitrogens with one attached hydrogen (secondary N) is 2. The van der Waals surface area contributed by atoms with E-state index in [0.717, 1.165) is 116 Å². The smallest absolute Gasteiger partial charge is 0.407 e. The monoisotopic (exact) mass is 902 g/mol. The first-order chi connectivity index (χ1) is 31.9. The Balaban J connectivity index is 4.32. The molecule has 9 nitrogen and oxygen atoms in total. The third kappa shape index (κ3) is 50.4. The van der Waals surface area contributed by atoms with E-state index in [1.165, 1.54) is 0 Å². The van der Waals surface area contributed by atoms with Crippen molar-refractivity contribution < 1.29 is 28.6 Å². The van der Waals surface area contributed by atoms with Gasteiger partial charge in [0, 0.05) is 39.0 Å². The Labute approximate surface area is 397 Å². The summed E-state index contributed by atoms with van der Waals surface area (Å²) in [5, 5.41) is 6.15. The van der Waals surface area contributed by atoms with Gasteiger partial charge in [0.15, 0.2) is 0 Å². The molecule has 9 heteroatoms. The van der Waals surface area contributed by atoms with Crippen LogP contribution in [-0.4, -0.2) is 82.5 Å². The molecule has 1 amide bonds. The zero-order valence-electron chi connectivity index (χ0n) is 41.3. The van der Waals surface area contributed by atoms with Crippen LogP contribution in [0.2, 0.25) is 0 Å². The second-order valence-electron chi connectivity index (χ2n) is 16.1. The molecular weight excluding hydrogens is 811 g/mol. The number of ether oxygens (including phenoxy) is 3. The number of rotatable bonds is 43. The van der Waals surface area contributed by atoms with Crippen LogP contribution >= 0.6 is 0 Å². The summed E-state index contributed by atoms with van der Waals surface area (Å²) in [7, 11) is 4.05. The quantitative estimate of drug-likeness (QED) is 0.0270. The molecule has 0 aliphatic rings. The van der Waals surface area contributed by atoms with Gasteiger partial charge in [-0.2, -0.15) is 0 Å². The lowest BCUT2D eigenvalue weighted by molar-refractivity contribution is -0.144. The molecule has 2 N–H and O–H groups in total. The Hall–Kier alpha value is -4.47. The summed E-state index contributed by atoms with van der Waals surface area (Å²) in [6.45, 7) is 7.92. The van der Waals surface area contributed by atoms with Gasteiger partial charge in [-0.25, -0.2) is 4.79 Å². The zero-order chi connectivity index (χ0) is 47.4. The maximum Gasteiger partial charge on any atom is 0.407 e. The summed E-state index contributed by atoms with van der Waals surface area (Å²) in [5.74, 6) is -0.347. The number of esters is 2. The van der Waals surface area contributed by atoms with Gasteiger partial charge in [0.1, 0.15) is 6.10 Å². The van der Waals surface area contributed by atoms with E-state index in [4.69, 9.17) is 14.2 Å². The van der Waals surface area contributed by atoms with E-state index in [1.807, 2.05) is 14.1 Å². The van der Waals surface area contributed by atoms with Crippen molar-refractivity contribution in [2.24, 2.45) is 0 Å². The molecule has 65 heavy (non-hydrogen) atoms. The number of hydrogen-bond donors (Lipinski definition) is 2. The highest BCUT2D eigenvalue weighted by Gasteiger charge is 2.15. The first-order valence-electron chi connectivity index (χ1n) is 25.0. The van der Waals surface area contributed by atoms with Crippen LogP contribution in [0.15, 0.2) is 122 Å². The van der Waals surface area contributed by atoms with Crippen molar-refractivity contribution in [3.05, 3.63) is 122 Å². The summed E-state index contributed by atoms with van der Waals surface area (Å²) >= 11 is 0. The van der Waals surface area contributed by atoms with Gasteiger partial charge >= 0.3 is 18.0 Å². The average molecular weight is 902 g/mol. The fourth-order valence-corrected chi connectivity index (χ4v) is 6.07. The number of alkyl carbamates (subject to hydrolysis) is 1. The summed E-state index contributed by atoms with van der Waals surface area (Å²) in [5.41, 5.74) is 0. The molecule has 0 fully saturated rings. The standard InChI is InChI=1S/C56H91N3O6/c1-5-7-9-11-13-15-17-19-21-23-25-27-29-31-33-35-37-45-54(60)63-51-41-39-43-53(65-56(62)58-48-47-57-49-50-59(3)4)44-40-42-52-64-55(61)46-38-36-34-32-30-28-26-24-22-20-18-16-14-12-10-8-6-2/h7-10,13-16,19-22,25-28,31-34,53,57H,5-6,11-12,17-18,23-24,29-30,35-52H2,1-4H3,(H,58,62)/b9-7-,10-8-,15-13-,16-14-,21-19-,22-20-,27-25-,28-26-,33-31-,34-32-. The van der Waals surface area contributed by atoms with Gasteiger partial charge in [-0.05, 0) is 143 Å². The molecule has 366 valence electrons. The van der Waals surface area contributed by atoms with E-state index in [0.29, 0.717) is 64.8 Å². The average Bonchev–Trinajstić information content (AvgIpc) is 3.29. The molecule has 0 aromatic carbocycles. The van der Waals surface area contributed by atoms with Crippen molar-refractivity contribution in [3.8, 4) is 0 Å². The number of unbranched alkanes of at least 4 members (excludes halogenated alkanes) is 4. The second kappa shape index (κ2) is 50.5. The third-order valence-corrected chi connectivity index (χ3v) is 9.77. The molecule has 0 spiro atoms. The summed E-state index contributed by atoms with van der Waals surface area (Å²) in [6.07, 6.45) is 61.0. The highest BCUT2D eigenvalue weighted by molar-refractivity contribution is 5.69. The molecule has 0 saturated carbocycles. The lowest BCUT2D eigenvalue weighted by Crippen LogP contribution is -2.36. The minimum Gasteiger partial charge on any atom is -0.466 e. The van der Waals surface area contributed by atoms with Gasteiger partial charge < -0.3 is 29.7 Å². The molecule has 0 aliphatic carbocycles. The SMILES string of the molecule is CC/C=C\C/C=C\C/C=C\C/C=C\C/C=C\CCCC(=O)OCCCCC(CCCCOC(=O)CCC/C=C\C/C=C\C/C=C\C/C=C\C/C=C\CC)OC(=O)NCCNCCN(C)C. The van der Waals surface area contributed by atoms with Crippen molar-refractivity contribution in [3.63, 3.8) is 0 Å². The molecule has 0 heterocycles. The van der Waals surface area contributed by atoms with Crippen LogP contribution in [0.3, 0.4) is 0 Å². The van der Waals surface area contributed by atoms with E-state index in [1.54, 1.807) is 0 Å². The van der Waals surface area contributed by atoms with Gasteiger partial charge in [0.05, 0.1) is 13.2 Å². The molecule has 0 aromatic rings. The van der Waals surface area contributed by atoms with Crippen LogP contribution in [0.5, 0.6) is 0 Å². The third-order valence-electron chi connectivity index (χ3n) is 9.77. The highest BCUT2D eigenvalue weighted by Crippen LogP contribution is 2.14. The molecule has 0 saturated heterocycles. The van der Waals surface area contributed by atoms with Crippen LogP contribution in [0.25, 0.3) is 0 Å². The topological polar surface area (TPSA) is 106 Å². The number of carbonyl (C=O) groups is 3. The van der Waals surface area contributed by atoms with Crippen LogP contribution in [-0.2, 0) is 23.8 Å². The van der Waals surface area contributed by atoms with Crippen LogP contribution < -0.4 is 10.6 Å². The molecule has 0 unspecified atom stereocenters. The van der Waals surface area contributed by atoms with Gasteiger partial charge in [0.2, 0.25) is 0 Å². The number of nitrogens with zero attached hydrogens (tertiary/aromatic N) is 1. The van der Waals surface area contributed by atoms with Crippen molar-refractivity contribution in [1.29, 1.82) is 0 Å². The van der Waals surface area contributed by atoms with E-state index in [-0.39, 0.29) is 18.0 Å². The molecule has 0 aliphatic heterocycles. The minimum absolute atomic E-state index is 0.174. The Kier molecular flexibility index (Phi) is 47.1. The number of carbonyl (C=O) groups excluding carboxylic acids is 3. The molecule has 0 rings (SSSR count). The van der Waals surface area contributed by atoms with Gasteiger partial charge in [0.25, 0.3) is 0 Å². The van der Waals surface area contributed by atoms with Gasteiger partial charge in [-0.15, -0.1) is 0 Å². The predicted molar refractivity (Wildman–Crippen MR) is 276 cm³/mol. The Morgan fingerprint density at radius 1 is 0.462 bits per heavy atom. The Morgan fingerprint density at radius 3 is 1.20 bits per heavy atom. The maximum absolute atomic E-state index is 12.6. The molecular formula is C56H91N3O6. The van der Waals surface area contributed by atoms with Crippen LogP contribution in [0.1, 0.15) is 155 Å². The predicted octanol–water partition coefficient (Wildman–Crippen LogP) is 13.5. The molecule has 0 radical (unpaired) electrons. The number of amides is 1. The van der Waals surface area contributed by atoms with E-state index in [2.05, 4.69) is 151 Å². The maximum atomic E-state index is 12.6. The van der Waals surface area contributed by atoms with Crippen molar-refractivity contribution >= 4 is 18.0 Å². The van der Waals surface area contributed by atoms with Crippen LogP contribution in [0, 0.1) is 0 Å². The van der Waals surface area contributed by atoms with Crippen LogP contribution in [0.4, 0.5) is 4.79 Å². The summed E-state index contributed by atoms with van der Waals surface area (Å²) < 4.78 is 16.8. The van der Waals surface area contributed by atoms with Crippen molar-refractivity contribution in [1.82, 2.24) is 15.5 Å².